The van der Waals surface area contributed by atoms with Gasteiger partial charge in [0.25, 0.3) is 5.91 Å². The number of hydrogen-bond donors (Lipinski definition) is 3. The maximum Gasteiger partial charge on any atom is 0.274 e. The Balaban J connectivity index is 1.75. The van der Waals surface area contributed by atoms with Crippen molar-refractivity contribution in [2.45, 2.75) is 50.5 Å². The zero-order chi connectivity index (χ0) is 14.9. The Hall–Kier alpha value is -1.40. The van der Waals surface area contributed by atoms with E-state index in [1.54, 1.807) is 4.90 Å². The van der Waals surface area contributed by atoms with Gasteiger partial charge >= 0.3 is 0 Å². The van der Waals surface area contributed by atoms with Crippen molar-refractivity contribution in [1.82, 2.24) is 15.1 Å². The molecule has 1 atom stereocenters. The van der Waals surface area contributed by atoms with Crippen molar-refractivity contribution in [2.75, 3.05) is 19.7 Å². The van der Waals surface area contributed by atoms with Crippen molar-refractivity contribution in [2.24, 2.45) is 0 Å². The number of nitrogens with zero attached hydrogens (tertiary/aromatic N) is 2. The second-order valence-electron chi connectivity index (χ2n) is 6.26. The van der Waals surface area contributed by atoms with E-state index in [1.807, 2.05) is 0 Å². The van der Waals surface area contributed by atoms with E-state index >= 15 is 0 Å². The maximum absolute atomic E-state index is 12.7. The smallest absolute Gasteiger partial charge is 0.274 e. The lowest BCUT2D eigenvalue weighted by atomic mass is 9.95. The fourth-order valence-electron chi connectivity index (χ4n) is 3.35. The van der Waals surface area contributed by atoms with Gasteiger partial charge in [-0.3, -0.25) is 9.89 Å². The highest BCUT2D eigenvalue weighted by Crippen LogP contribution is 2.26. The molecule has 3 N–H and O–H groups in total. The molecule has 0 aromatic carbocycles. The number of aliphatic hydroxyl groups is 2. The molecule has 1 saturated heterocycles. The third-order valence-corrected chi connectivity index (χ3v) is 4.76. The first-order valence-electron chi connectivity index (χ1n) is 7.82. The van der Waals surface area contributed by atoms with Gasteiger partial charge in [-0.2, -0.15) is 5.10 Å². The van der Waals surface area contributed by atoms with Gasteiger partial charge in [-0.15, -0.1) is 0 Å². The molecule has 1 amide bonds. The first-order valence-corrected chi connectivity index (χ1v) is 7.82. The van der Waals surface area contributed by atoms with Gasteiger partial charge in [0, 0.05) is 24.3 Å². The van der Waals surface area contributed by atoms with Crippen LogP contribution in [0.3, 0.4) is 0 Å². The SMILES string of the molecule is O=C(c1n[nH]c2c1CCCC2)N1CCCC(O)(CO)CC1. The van der Waals surface area contributed by atoms with Crippen LogP contribution in [-0.4, -0.2) is 56.5 Å². The molecule has 3 rings (SSSR count). The normalized spacial score (nSPS) is 26.3. The number of carbonyl (C=O) groups is 1. The van der Waals surface area contributed by atoms with Crippen molar-refractivity contribution in [1.29, 1.82) is 0 Å². The topological polar surface area (TPSA) is 89.5 Å². The number of H-pyrrole nitrogens is 1. The lowest BCUT2D eigenvalue weighted by Crippen LogP contribution is -2.37. The van der Waals surface area contributed by atoms with E-state index in [4.69, 9.17) is 0 Å². The van der Waals surface area contributed by atoms with E-state index in [2.05, 4.69) is 10.2 Å². The van der Waals surface area contributed by atoms with E-state index < -0.39 is 5.60 Å². The molecule has 0 spiro atoms. The quantitative estimate of drug-likeness (QED) is 0.746. The highest BCUT2D eigenvalue weighted by atomic mass is 16.3. The number of aliphatic hydroxyl groups excluding tert-OH is 1. The van der Waals surface area contributed by atoms with E-state index in [0.29, 0.717) is 38.0 Å². The minimum absolute atomic E-state index is 0.0448. The van der Waals surface area contributed by atoms with E-state index in [9.17, 15) is 15.0 Å². The standard InChI is InChI=1S/C15H23N3O3/c19-10-15(21)6-3-8-18(9-7-15)14(20)13-11-4-1-2-5-12(11)16-17-13/h19,21H,1-10H2,(H,16,17). The molecular formula is C15H23N3O3. The van der Waals surface area contributed by atoms with Gasteiger partial charge in [0.1, 0.15) is 0 Å². The molecule has 6 nitrogen and oxygen atoms in total. The summed E-state index contributed by atoms with van der Waals surface area (Å²) in [6.45, 7) is 0.840. The monoisotopic (exact) mass is 293 g/mol. The van der Waals surface area contributed by atoms with Gasteiger partial charge < -0.3 is 15.1 Å². The summed E-state index contributed by atoms with van der Waals surface area (Å²) in [5.41, 5.74) is 1.69. The number of nitrogens with one attached hydrogen (secondary N) is 1. The Kier molecular flexibility index (Phi) is 3.99. The van der Waals surface area contributed by atoms with Crippen LogP contribution in [0.5, 0.6) is 0 Å². The van der Waals surface area contributed by atoms with Crippen LogP contribution in [0.25, 0.3) is 0 Å². The molecular weight excluding hydrogens is 270 g/mol. The molecule has 116 valence electrons. The molecule has 1 aromatic rings. The second kappa shape index (κ2) is 5.77. The summed E-state index contributed by atoms with van der Waals surface area (Å²) in [7, 11) is 0. The number of rotatable bonds is 2. The molecule has 21 heavy (non-hydrogen) atoms. The Morgan fingerprint density at radius 1 is 1.24 bits per heavy atom. The Morgan fingerprint density at radius 3 is 2.86 bits per heavy atom. The van der Waals surface area contributed by atoms with E-state index in [0.717, 1.165) is 36.9 Å². The molecule has 1 fully saturated rings. The van der Waals surface area contributed by atoms with Crippen LogP contribution in [0.2, 0.25) is 0 Å². The third kappa shape index (κ3) is 2.82. The summed E-state index contributed by atoms with van der Waals surface area (Å²) in [4.78, 5) is 14.4. The lowest BCUT2D eigenvalue weighted by Gasteiger charge is -2.24. The fraction of sp³-hybridized carbons (Fsp3) is 0.733. The molecule has 1 aliphatic carbocycles. The zero-order valence-corrected chi connectivity index (χ0v) is 12.3. The minimum Gasteiger partial charge on any atom is -0.393 e. The summed E-state index contributed by atoms with van der Waals surface area (Å²) < 4.78 is 0. The van der Waals surface area contributed by atoms with Crippen molar-refractivity contribution >= 4 is 5.91 Å². The average Bonchev–Trinajstić information content (AvgIpc) is 2.83. The first kappa shape index (κ1) is 14.5. The summed E-state index contributed by atoms with van der Waals surface area (Å²) in [6.07, 6.45) is 5.80. The molecule has 0 bridgehead atoms. The van der Waals surface area contributed by atoms with Gasteiger partial charge in [0.2, 0.25) is 0 Å². The average molecular weight is 293 g/mol. The molecule has 0 saturated carbocycles. The molecule has 2 heterocycles. The van der Waals surface area contributed by atoms with E-state index in [1.165, 1.54) is 0 Å². The van der Waals surface area contributed by atoms with Crippen LogP contribution < -0.4 is 0 Å². The van der Waals surface area contributed by atoms with Crippen LogP contribution in [0, 0.1) is 0 Å². The summed E-state index contributed by atoms with van der Waals surface area (Å²) >= 11 is 0. The molecule has 6 heteroatoms. The maximum atomic E-state index is 12.7. The number of aromatic amines is 1. The van der Waals surface area contributed by atoms with Gasteiger partial charge in [0.05, 0.1) is 12.2 Å². The number of fused-ring (bicyclic) bond motifs is 1. The lowest BCUT2D eigenvalue weighted by molar-refractivity contribution is -0.0250. The van der Waals surface area contributed by atoms with Crippen LogP contribution in [0.15, 0.2) is 0 Å². The van der Waals surface area contributed by atoms with Gasteiger partial charge in [-0.05, 0) is 44.9 Å². The minimum atomic E-state index is -1.04. The number of carbonyl (C=O) groups excluding carboxylic acids is 1. The number of aryl methyl sites for hydroxylation is 1. The Morgan fingerprint density at radius 2 is 2.05 bits per heavy atom. The number of likely N-dealkylation sites (tertiary alicyclic amines) is 1. The van der Waals surface area contributed by atoms with Crippen molar-refractivity contribution in [3.8, 4) is 0 Å². The predicted octanol–water partition coefficient (Wildman–Crippen LogP) is 0.638. The molecule has 1 aliphatic heterocycles. The Labute approximate surface area is 124 Å². The molecule has 2 aliphatic rings. The molecule has 1 unspecified atom stereocenters. The van der Waals surface area contributed by atoms with Gasteiger partial charge in [0.15, 0.2) is 5.69 Å². The van der Waals surface area contributed by atoms with Crippen LogP contribution in [0.1, 0.15) is 53.8 Å². The van der Waals surface area contributed by atoms with Crippen molar-refractivity contribution in [3.63, 3.8) is 0 Å². The second-order valence-corrected chi connectivity index (χ2v) is 6.26. The van der Waals surface area contributed by atoms with Gasteiger partial charge in [-0.1, -0.05) is 0 Å². The highest BCUT2D eigenvalue weighted by molar-refractivity contribution is 5.94. The fourth-order valence-corrected chi connectivity index (χ4v) is 3.35. The molecule has 0 radical (unpaired) electrons. The highest BCUT2D eigenvalue weighted by Gasteiger charge is 2.32. The first-order chi connectivity index (χ1) is 10.1. The van der Waals surface area contributed by atoms with Crippen LogP contribution in [0.4, 0.5) is 0 Å². The number of amides is 1. The summed E-state index contributed by atoms with van der Waals surface area (Å²) in [5, 5.41) is 26.7. The summed E-state index contributed by atoms with van der Waals surface area (Å²) in [5.74, 6) is -0.0448. The predicted molar refractivity (Wildman–Crippen MR) is 77.0 cm³/mol. The number of hydrogen-bond acceptors (Lipinski definition) is 4. The van der Waals surface area contributed by atoms with Crippen molar-refractivity contribution < 1.29 is 15.0 Å². The number of aromatic nitrogens is 2. The van der Waals surface area contributed by atoms with Crippen LogP contribution >= 0.6 is 0 Å². The van der Waals surface area contributed by atoms with Gasteiger partial charge in [-0.25, -0.2) is 0 Å². The Bertz CT molecular complexity index is 528. The van der Waals surface area contributed by atoms with Crippen LogP contribution in [-0.2, 0) is 12.8 Å². The summed E-state index contributed by atoms with van der Waals surface area (Å²) in [6, 6.07) is 0. The molecule has 1 aromatic heterocycles. The third-order valence-electron chi connectivity index (χ3n) is 4.76. The van der Waals surface area contributed by atoms with E-state index in [-0.39, 0.29) is 12.5 Å². The largest absolute Gasteiger partial charge is 0.393 e. The van der Waals surface area contributed by atoms with Crippen molar-refractivity contribution in [3.05, 3.63) is 17.0 Å². The zero-order valence-electron chi connectivity index (χ0n) is 12.3.